The van der Waals surface area contributed by atoms with E-state index in [1.165, 1.54) is 9.13 Å². The van der Waals surface area contributed by atoms with Crippen LogP contribution in [0.4, 0.5) is 0 Å². The molecule has 0 saturated heterocycles. The maximum absolute atomic E-state index is 6.05. The Bertz CT molecular complexity index is 303. The van der Waals surface area contributed by atoms with E-state index in [9.17, 15) is 0 Å². The van der Waals surface area contributed by atoms with Crippen molar-refractivity contribution >= 4 is 22.6 Å². The molecule has 0 bridgehead atoms. The third kappa shape index (κ3) is 6.98. The van der Waals surface area contributed by atoms with Crippen molar-refractivity contribution in [3.05, 3.63) is 33.4 Å². The highest BCUT2D eigenvalue weighted by molar-refractivity contribution is 14.1. The van der Waals surface area contributed by atoms with Crippen molar-refractivity contribution in [3.8, 4) is 0 Å². The van der Waals surface area contributed by atoms with Crippen LogP contribution in [-0.4, -0.2) is 33.0 Å². The lowest BCUT2D eigenvalue weighted by atomic mass is 10.0. The third-order valence-corrected chi connectivity index (χ3v) is 3.20. The Kier molecular flexibility index (Phi) is 7.75. The van der Waals surface area contributed by atoms with Crippen LogP contribution in [0.15, 0.2) is 24.3 Å². The normalized spacial score (nSPS) is 12.6. The van der Waals surface area contributed by atoms with Crippen molar-refractivity contribution in [2.45, 2.75) is 18.9 Å². The standard InChI is InChI=1S/C13H20INO2/c1-16-8-9-17-7-6-13(15)10-11-2-4-12(14)5-3-11/h2-5,13H,6-10,15H2,1H3. The minimum absolute atomic E-state index is 0.164. The molecule has 3 nitrogen and oxygen atoms in total. The van der Waals surface area contributed by atoms with Crippen molar-refractivity contribution in [2.24, 2.45) is 5.73 Å². The van der Waals surface area contributed by atoms with Gasteiger partial charge in [0, 0.05) is 23.3 Å². The van der Waals surface area contributed by atoms with Crippen LogP contribution in [0, 0.1) is 3.57 Å². The van der Waals surface area contributed by atoms with Gasteiger partial charge in [-0.05, 0) is 53.1 Å². The van der Waals surface area contributed by atoms with Crippen molar-refractivity contribution in [2.75, 3.05) is 26.9 Å². The summed E-state index contributed by atoms with van der Waals surface area (Å²) in [6, 6.07) is 8.65. The van der Waals surface area contributed by atoms with Crippen molar-refractivity contribution in [3.63, 3.8) is 0 Å². The Morgan fingerprint density at radius 1 is 1.18 bits per heavy atom. The number of hydrogen-bond donors (Lipinski definition) is 1. The number of halogens is 1. The minimum Gasteiger partial charge on any atom is -0.382 e. The van der Waals surface area contributed by atoms with Gasteiger partial charge in [0.05, 0.1) is 13.2 Å². The molecule has 2 N–H and O–H groups in total. The third-order valence-electron chi connectivity index (χ3n) is 2.48. The zero-order valence-corrected chi connectivity index (χ0v) is 12.4. The van der Waals surface area contributed by atoms with Crippen LogP contribution in [-0.2, 0) is 15.9 Å². The monoisotopic (exact) mass is 349 g/mol. The van der Waals surface area contributed by atoms with E-state index < -0.39 is 0 Å². The van der Waals surface area contributed by atoms with Crippen molar-refractivity contribution in [1.29, 1.82) is 0 Å². The second-order valence-corrected chi connectivity index (χ2v) is 5.23. The summed E-state index contributed by atoms with van der Waals surface area (Å²) in [4.78, 5) is 0. The molecule has 96 valence electrons. The van der Waals surface area contributed by atoms with E-state index in [-0.39, 0.29) is 6.04 Å². The van der Waals surface area contributed by atoms with Gasteiger partial charge in [-0.25, -0.2) is 0 Å². The van der Waals surface area contributed by atoms with Gasteiger partial charge in [0.15, 0.2) is 0 Å². The lowest BCUT2D eigenvalue weighted by Gasteiger charge is -2.12. The smallest absolute Gasteiger partial charge is 0.0700 e. The van der Waals surface area contributed by atoms with Crippen LogP contribution in [0.2, 0.25) is 0 Å². The van der Waals surface area contributed by atoms with Gasteiger partial charge in [-0.1, -0.05) is 12.1 Å². The zero-order chi connectivity index (χ0) is 12.5. The van der Waals surface area contributed by atoms with Crippen LogP contribution in [0.1, 0.15) is 12.0 Å². The maximum atomic E-state index is 6.05. The fourth-order valence-corrected chi connectivity index (χ4v) is 1.86. The molecule has 0 spiro atoms. The summed E-state index contributed by atoms with van der Waals surface area (Å²) in [5.74, 6) is 0. The molecule has 1 rings (SSSR count). The van der Waals surface area contributed by atoms with Crippen LogP contribution < -0.4 is 5.73 Å². The van der Waals surface area contributed by atoms with E-state index in [0.717, 1.165) is 12.8 Å². The number of methoxy groups -OCH3 is 1. The fraction of sp³-hybridized carbons (Fsp3) is 0.538. The highest BCUT2D eigenvalue weighted by Crippen LogP contribution is 2.09. The number of hydrogen-bond acceptors (Lipinski definition) is 3. The van der Waals surface area contributed by atoms with Crippen molar-refractivity contribution in [1.82, 2.24) is 0 Å². The summed E-state index contributed by atoms with van der Waals surface area (Å²) >= 11 is 2.30. The molecule has 0 aliphatic carbocycles. The number of rotatable bonds is 8. The predicted molar refractivity (Wildman–Crippen MR) is 78.2 cm³/mol. The first-order valence-corrected chi connectivity index (χ1v) is 6.87. The van der Waals surface area contributed by atoms with E-state index in [4.69, 9.17) is 15.2 Å². The van der Waals surface area contributed by atoms with Gasteiger partial charge in [-0.3, -0.25) is 0 Å². The molecule has 0 radical (unpaired) electrons. The lowest BCUT2D eigenvalue weighted by Crippen LogP contribution is -2.25. The zero-order valence-electron chi connectivity index (χ0n) is 10.2. The quantitative estimate of drug-likeness (QED) is 0.578. The summed E-state index contributed by atoms with van der Waals surface area (Å²) in [5, 5.41) is 0. The summed E-state index contributed by atoms with van der Waals surface area (Å²) in [6.07, 6.45) is 1.79. The largest absolute Gasteiger partial charge is 0.382 e. The highest BCUT2D eigenvalue weighted by Gasteiger charge is 2.04. The maximum Gasteiger partial charge on any atom is 0.0700 e. The van der Waals surface area contributed by atoms with Gasteiger partial charge in [-0.15, -0.1) is 0 Å². The van der Waals surface area contributed by atoms with Crippen LogP contribution >= 0.6 is 22.6 Å². The van der Waals surface area contributed by atoms with Gasteiger partial charge in [0.2, 0.25) is 0 Å². The Balaban J connectivity index is 2.16. The topological polar surface area (TPSA) is 44.5 Å². The van der Waals surface area contributed by atoms with E-state index >= 15 is 0 Å². The fourth-order valence-electron chi connectivity index (χ4n) is 1.50. The first-order chi connectivity index (χ1) is 8.22. The molecule has 1 atom stereocenters. The molecule has 0 aromatic heterocycles. The molecule has 4 heteroatoms. The molecule has 0 saturated carbocycles. The van der Waals surface area contributed by atoms with Gasteiger partial charge < -0.3 is 15.2 Å². The number of ether oxygens (including phenoxy) is 2. The molecule has 1 aromatic carbocycles. The Morgan fingerprint density at radius 3 is 2.53 bits per heavy atom. The molecule has 17 heavy (non-hydrogen) atoms. The second-order valence-electron chi connectivity index (χ2n) is 3.98. The minimum atomic E-state index is 0.164. The van der Waals surface area contributed by atoms with E-state index in [1.807, 2.05) is 0 Å². The molecular weight excluding hydrogens is 329 g/mol. The average Bonchev–Trinajstić information content (AvgIpc) is 2.32. The van der Waals surface area contributed by atoms with Crippen LogP contribution in [0.25, 0.3) is 0 Å². The Hall–Kier alpha value is -0.170. The van der Waals surface area contributed by atoms with Gasteiger partial charge in [0.1, 0.15) is 0 Å². The van der Waals surface area contributed by atoms with Crippen molar-refractivity contribution < 1.29 is 9.47 Å². The molecule has 0 amide bonds. The average molecular weight is 349 g/mol. The molecule has 1 aromatic rings. The highest BCUT2D eigenvalue weighted by atomic mass is 127. The predicted octanol–water partition coefficient (Wildman–Crippen LogP) is 2.21. The molecule has 0 fully saturated rings. The summed E-state index contributed by atoms with van der Waals surface area (Å²) in [5.41, 5.74) is 7.33. The molecule has 0 heterocycles. The number of benzene rings is 1. The molecule has 0 aliphatic rings. The Labute approximate surface area is 117 Å². The second kappa shape index (κ2) is 8.85. The first kappa shape index (κ1) is 14.9. The SMILES string of the molecule is COCCOCCC(N)Cc1ccc(I)cc1. The lowest BCUT2D eigenvalue weighted by molar-refractivity contribution is 0.0672. The molecular formula is C13H20INO2. The van der Waals surface area contributed by atoms with Crippen LogP contribution in [0.3, 0.4) is 0 Å². The van der Waals surface area contributed by atoms with E-state index in [1.54, 1.807) is 7.11 Å². The van der Waals surface area contributed by atoms with Gasteiger partial charge in [-0.2, -0.15) is 0 Å². The Morgan fingerprint density at radius 2 is 1.88 bits per heavy atom. The van der Waals surface area contributed by atoms with Gasteiger partial charge >= 0.3 is 0 Å². The summed E-state index contributed by atoms with van der Waals surface area (Å²) in [7, 11) is 1.67. The van der Waals surface area contributed by atoms with E-state index in [2.05, 4.69) is 46.9 Å². The molecule has 0 aliphatic heterocycles. The summed E-state index contributed by atoms with van der Waals surface area (Å²) in [6.45, 7) is 1.99. The van der Waals surface area contributed by atoms with Gasteiger partial charge in [0.25, 0.3) is 0 Å². The first-order valence-electron chi connectivity index (χ1n) is 5.79. The van der Waals surface area contributed by atoms with Crippen LogP contribution in [0.5, 0.6) is 0 Å². The molecule has 1 unspecified atom stereocenters. The number of nitrogens with two attached hydrogens (primary N) is 1. The summed E-state index contributed by atoms with van der Waals surface area (Å²) < 4.78 is 11.5. The van der Waals surface area contributed by atoms with E-state index in [0.29, 0.717) is 19.8 Å².